The Morgan fingerprint density at radius 1 is 0.833 bits per heavy atom. The van der Waals surface area contributed by atoms with E-state index in [1.165, 1.54) is 58.9 Å². The summed E-state index contributed by atoms with van der Waals surface area (Å²) in [4.78, 5) is 23.3. The molecule has 0 bridgehead atoms. The number of allylic oxidation sites excluding steroid dienone is 1. The maximum absolute atomic E-state index is 12.2. The van der Waals surface area contributed by atoms with E-state index in [0.29, 0.717) is 19.3 Å². The molecule has 0 rings (SSSR count). The Hall–Kier alpha value is -0.321. The van der Waals surface area contributed by atoms with Crippen molar-refractivity contribution in [1.82, 2.24) is 0 Å². The molecular formula is C20H38O3Sn. The summed E-state index contributed by atoms with van der Waals surface area (Å²) in [6, 6.07) is 0. The molecule has 0 N–H and O–H groups in total. The molecule has 0 atom stereocenters. The second kappa shape index (κ2) is 15.0. The summed E-state index contributed by atoms with van der Waals surface area (Å²) in [5.74, 6) is -0.0430. The van der Waals surface area contributed by atoms with Crippen molar-refractivity contribution in [3.63, 3.8) is 0 Å². The summed E-state index contributed by atoms with van der Waals surface area (Å²) in [6.07, 6.45) is 11.0. The topological polar surface area (TPSA) is 43.4 Å². The Morgan fingerprint density at radius 2 is 1.33 bits per heavy atom. The van der Waals surface area contributed by atoms with Crippen molar-refractivity contribution in [3.8, 4) is 0 Å². The van der Waals surface area contributed by atoms with Gasteiger partial charge in [0.15, 0.2) is 0 Å². The Kier molecular flexibility index (Phi) is 14.8. The molecule has 0 aliphatic carbocycles. The quantitative estimate of drug-likeness (QED) is 0.181. The van der Waals surface area contributed by atoms with Crippen LogP contribution in [0.5, 0.6) is 0 Å². The zero-order valence-electron chi connectivity index (χ0n) is 16.4. The fourth-order valence-electron chi connectivity index (χ4n) is 3.07. The van der Waals surface area contributed by atoms with Gasteiger partial charge < -0.3 is 0 Å². The number of carbonyl (C=O) groups excluding carboxylic acids is 2. The second-order valence-corrected chi connectivity index (χ2v) is 19.9. The first-order chi connectivity index (χ1) is 11.5. The number of hydrogen-bond donors (Lipinski definition) is 0. The Labute approximate surface area is 153 Å². The fraction of sp³-hybridized carbons (Fsp3) is 0.800. The molecule has 0 spiro atoms. The van der Waals surface area contributed by atoms with Crippen LogP contribution < -0.4 is 0 Å². The predicted octanol–water partition coefficient (Wildman–Crippen LogP) is 5.84. The van der Waals surface area contributed by atoms with Gasteiger partial charge in [-0.05, 0) is 0 Å². The Balaban J connectivity index is 4.77. The number of ether oxygens (including phenoxy) is 1. The SMILES string of the molecule is CCC[CH2][Sn](/[CH]=C/C(=O)CCCC(=O)OC)([CH2]CCC)[CH2]CCC. The average Bonchev–Trinajstić information content (AvgIpc) is 2.60. The molecular weight excluding hydrogens is 407 g/mol. The zero-order chi connectivity index (χ0) is 18.3. The zero-order valence-corrected chi connectivity index (χ0v) is 19.2. The van der Waals surface area contributed by atoms with E-state index in [9.17, 15) is 9.59 Å². The molecule has 0 aromatic rings. The summed E-state index contributed by atoms with van der Waals surface area (Å²) in [7, 11) is 1.39. The molecule has 0 aliphatic rings. The molecule has 0 unspecified atom stereocenters. The van der Waals surface area contributed by atoms with Crippen molar-refractivity contribution in [2.45, 2.75) is 91.9 Å². The first-order valence-corrected chi connectivity index (χ1v) is 17.5. The van der Waals surface area contributed by atoms with E-state index in [1.54, 1.807) is 0 Å². The van der Waals surface area contributed by atoms with Crippen molar-refractivity contribution < 1.29 is 14.3 Å². The average molecular weight is 445 g/mol. The number of rotatable bonds is 15. The molecule has 0 radical (unpaired) electrons. The van der Waals surface area contributed by atoms with Crippen LogP contribution >= 0.6 is 0 Å². The van der Waals surface area contributed by atoms with Gasteiger partial charge >= 0.3 is 154 Å². The van der Waals surface area contributed by atoms with Crippen molar-refractivity contribution in [2.24, 2.45) is 0 Å². The van der Waals surface area contributed by atoms with Crippen LogP contribution in [0.4, 0.5) is 0 Å². The number of unbranched alkanes of at least 4 members (excludes halogenated alkanes) is 3. The van der Waals surface area contributed by atoms with Crippen LogP contribution in [0.15, 0.2) is 10.2 Å². The molecule has 0 aliphatic heterocycles. The third-order valence-corrected chi connectivity index (χ3v) is 18.8. The van der Waals surface area contributed by atoms with Gasteiger partial charge in [0.25, 0.3) is 0 Å². The van der Waals surface area contributed by atoms with Crippen molar-refractivity contribution in [3.05, 3.63) is 10.2 Å². The summed E-state index contributed by atoms with van der Waals surface area (Å²) < 4.78 is 11.2. The van der Waals surface area contributed by atoms with Crippen LogP contribution in [0.3, 0.4) is 0 Å². The van der Waals surface area contributed by atoms with Gasteiger partial charge in [-0.25, -0.2) is 0 Å². The Morgan fingerprint density at radius 3 is 1.75 bits per heavy atom. The van der Waals surface area contributed by atoms with Gasteiger partial charge in [-0.3, -0.25) is 0 Å². The van der Waals surface area contributed by atoms with Crippen LogP contribution in [-0.4, -0.2) is 37.2 Å². The number of esters is 1. The second-order valence-electron chi connectivity index (χ2n) is 6.90. The fourth-order valence-corrected chi connectivity index (χ4v) is 17.2. The van der Waals surface area contributed by atoms with E-state index in [2.05, 4.69) is 29.6 Å². The molecule has 140 valence electrons. The van der Waals surface area contributed by atoms with E-state index in [4.69, 9.17) is 0 Å². The molecule has 24 heavy (non-hydrogen) atoms. The van der Waals surface area contributed by atoms with Gasteiger partial charge in [0.1, 0.15) is 0 Å². The first kappa shape index (κ1) is 23.7. The predicted molar refractivity (Wildman–Crippen MR) is 105 cm³/mol. The number of hydrogen-bond acceptors (Lipinski definition) is 3. The van der Waals surface area contributed by atoms with Gasteiger partial charge in [0.2, 0.25) is 0 Å². The van der Waals surface area contributed by atoms with E-state index in [0.717, 1.165) is 0 Å². The van der Waals surface area contributed by atoms with Crippen LogP contribution in [0.2, 0.25) is 13.3 Å². The number of ketones is 1. The van der Waals surface area contributed by atoms with Crippen molar-refractivity contribution in [1.29, 1.82) is 0 Å². The standard InChI is InChI=1S/C8H11O3.3C4H9.Sn/c1-3-7(9)5-4-6-8(10)11-2;3*1-3-4-2;/h1,3H,4-6H2,2H3;3*1,3-4H2,2H3;. The molecule has 4 heteroatoms. The molecule has 0 saturated carbocycles. The van der Waals surface area contributed by atoms with Crippen molar-refractivity contribution in [2.75, 3.05) is 7.11 Å². The third-order valence-electron chi connectivity index (χ3n) is 4.74. The van der Waals surface area contributed by atoms with Gasteiger partial charge in [0, 0.05) is 0 Å². The molecule has 0 aromatic carbocycles. The minimum absolute atomic E-state index is 0.185. The third kappa shape index (κ3) is 11.3. The number of methoxy groups -OCH3 is 1. The van der Waals surface area contributed by atoms with Crippen LogP contribution in [0.1, 0.15) is 78.6 Å². The van der Waals surface area contributed by atoms with Crippen LogP contribution in [-0.2, 0) is 14.3 Å². The first-order valence-electron chi connectivity index (χ1n) is 9.82. The molecule has 0 saturated heterocycles. The van der Waals surface area contributed by atoms with E-state index in [-0.39, 0.29) is 11.8 Å². The number of carbonyl (C=O) groups is 2. The minimum atomic E-state index is -2.33. The van der Waals surface area contributed by atoms with Gasteiger partial charge in [-0.1, -0.05) is 0 Å². The van der Waals surface area contributed by atoms with E-state index < -0.39 is 18.4 Å². The Bertz CT molecular complexity index is 355. The summed E-state index contributed by atoms with van der Waals surface area (Å²) >= 11 is -2.33. The summed E-state index contributed by atoms with van der Waals surface area (Å²) in [6.45, 7) is 6.79. The molecule has 0 fully saturated rings. The van der Waals surface area contributed by atoms with Crippen LogP contribution in [0.25, 0.3) is 0 Å². The molecule has 0 amide bonds. The van der Waals surface area contributed by atoms with Gasteiger partial charge in [0.05, 0.1) is 0 Å². The molecule has 0 heterocycles. The monoisotopic (exact) mass is 446 g/mol. The summed E-state index contributed by atoms with van der Waals surface area (Å²) in [5, 5.41) is 0. The molecule has 0 aromatic heterocycles. The van der Waals surface area contributed by atoms with Crippen LogP contribution in [0, 0.1) is 0 Å². The van der Waals surface area contributed by atoms with Gasteiger partial charge in [-0.2, -0.15) is 0 Å². The maximum atomic E-state index is 12.2. The van der Waals surface area contributed by atoms with Gasteiger partial charge in [-0.15, -0.1) is 0 Å². The van der Waals surface area contributed by atoms with Crippen molar-refractivity contribution >= 4 is 30.1 Å². The van der Waals surface area contributed by atoms with E-state index in [1.807, 2.05) is 6.08 Å². The van der Waals surface area contributed by atoms with E-state index >= 15 is 0 Å². The normalized spacial score (nSPS) is 11.8. The summed E-state index contributed by atoms with van der Waals surface area (Å²) in [5.41, 5.74) is 0. The molecule has 3 nitrogen and oxygen atoms in total.